The Bertz CT molecular complexity index is 1110. The zero-order valence-electron chi connectivity index (χ0n) is 13.5. The molecule has 124 valence electrons. The molecule has 4 aromatic rings. The minimum atomic E-state index is -0.321. The highest BCUT2D eigenvalue weighted by molar-refractivity contribution is 6.06. The maximum Gasteiger partial charge on any atom is 0.252 e. The van der Waals surface area contributed by atoms with E-state index in [0.29, 0.717) is 22.3 Å². The van der Waals surface area contributed by atoms with Crippen molar-refractivity contribution in [1.29, 1.82) is 0 Å². The summed E-state index contributed by atoms with van der Waals surface area (Å²) in [6.45, 7) is 1.85. The lowest BCUT2D eigenvalue weighted by Gasteiger charge is -2.12. The molecule has 1 amide bonds. The van der Waals surface area contributed by atoms with Crippen molar-refractivity contribution in [3.8, 4) is 0 Å². The van der Waals surface area contributed by atoms with Crippen LogP contribution in [0.3, 0.4) is 0 Å². The monoisotopic (exact) mass is 332 g/mol. The van der Waals surface area contributed by atoms with Crippen molar-refractivity contribution in [2.75, 3.05) is 0 Å². The fourth-order valence-corrected chi connectivity index (χ4v) is 2.91. The third kappa shape index (κ3) is 2.78. The van der Waals surface area contributed by atoms with E-state index < -0.39 is 0 Å². The molecular formula is C19H16N4O2. The molecule has 2 heterocycles. The van der Waals surface area contributed by atoms with Gasteiger partial charge in [-0.15, -0.1) is 0 Å². The number of para-hydroxylation sites is 3. The number of hydrogen-bond acceptors (Lipinski definition) is 3. The van der Waals surface area contributed by atoms with Crippen LogP contribution in [-0.2, 0) is 0 Å². The first-order chi connectivity index (χ1) is 12.1. The molecule has 0 fully saturated rings. The van der Waals surface area contributed by atoms with Crippen LogP contribution in [0.2, 0.25) is 0 Å². The van der Waals surface area contributed by atoms with Crippen LogP contribution in [0.1, 0.15) is 29.1 Å². The van der Waals surface area contributed by atoms with Gasteiger partial charge in [0, 0.05) is 17.0 Å². The van der Waals surface area contributed by atoms with Crippen molar-refractivity contribution >= 4 is 27.8 Å². The second-order valence-electron chi connectivity index (χ2n) is 5.93. The molecule has 25 heavy (non-hydrogen) atoms. The van der Waals surface area contributed by atoms with Gasteiger partial charge in [0.2, 0.25) is 5.56 Å². The molecule has 3 N–H and O–H groups in total. The molecule has 6 heteroatoms. The average molecular weight is 332 g/mol. The SMILES string of the molecule is C[C@@H](NC(=O)c1cc(=O)[nH]c2ccccc12)c1nc2ccccc2[nH]1. The number of rotatable bonds is 3. The zero-order chi connectivity index (χ0) is 17.4. The molecule has 6 nitrogen and oxygen atoms in total. The van der Waals surface area contributed by atoms with Gasteiger partial charge in [-0.1, -0.05) is 30.3 Å². The van der Waals surface area contributed by atoms with Crippen molar-refractivity contribution < 1.29 is 4.79 Å². The molecule has 4 rings (SSSR count). The van der Waals surface area contributed by atoms with E-state index in [1.54, 1.807) is 6.07 Å². The number of aromatic amines is 2. The van der Waals surface area contributed by atoms with E-state index in [1.165, 1.54) is 6.07 Å². The topological polar surface area (TPSA) is 90.6 Å². The highest BCUT2D eigenvalue weighted by Gasteiger charge is 2.17. The van der Waals surface area contributed by atoms with Gasteiger partial charge >= 0.3 is 0 Å². The maximum absolute atomic E-state index is 12.7. The molecule has 2 aromatic heterocycles. The summed E-state index contributed by atoms with van der Waals surface area (Å²) in [5.74, 6) is 0.360. The van der Waals surface area contributed by atoms with Gasteiger partial charge in [-0.2, -0.15) is 0 Å². The van der Waals surface area contributed by atoms with E-state index in [0.717, 1.165) is 11.0 Å². The molecule has 0 spiro atoms. The fraction of sp³-hybridized carbons (Fsp3) is 0.105. The van der Waals surface area contributed by atoms with Gasteiger partial charge in [0.1, 0.15) is 5.82 Å². The Morgan fingerprint density at radius 3 is 2.56 bits per heavy atom. The van der Waals surface area contributed by atoms with Crippen molar-refractivity contribution in [2.24, 2.45) is 0 Å². The van der Waals surface area contributed by atoms with Crippen LogP contribution in [0, 0.1) is 0 Å². The van der Waals surface area contributed by atoms with Gasteiger partial charge in [0.15, 0.2) is 0 Å². The van der Waals surface area contributed by atoms with Gasteiger partial charge < -0.3 is 15.3 Å². The minimum Gasteiger partial charge on any atom is -0.342 e. The summed E-state index contributed by atoms with van der Waals surface area (Å²) in [6, 6.07) is 15.9. The minimum absolute atomic E-state index is 0.305. The summed E-state index contributed by atoms with van der Waals surface area (Å²) in [5.41, 5.74) is 2.44. The second kappa shape index (κ2) is 5.90. The summed E-state index contributed by atoms with van der Waals surface area (Å²) in [7, 11) is 0. The zero-order valence-corrected chi connectivity index (χ0v) is 13.5. The van der Waals surface area contributed by atoms with Crippen LogP contribution in [0.15, 0.2) is 59.4 Å². The molecule has 0 aliphatic heterocycles. The molecule has 0 radical (unpaired) electrons. The Morgan fingerprint density at radius 1 is 1.04 bits per heavy atom. The lowest BCUT2D eigenvalue weighted by molar-refractivity contribution is 0.0940. The number of carbonyl (C=O) groups excluding carboxylic acids is 1. The molecule has 0 saturated heterocycles. The molecular weight excluding hydrogens is 316 g/mol. The fourth-order valence-electron chi connectivity index (χ4n) is 2.91. The number of benzene rings is 2. The standard InChI is InChI=1S/C19H16N4O2/c1-11(18-22-15-8-4-5-9-16(15)23-18)20-19(25)13-10-17(24)21-14-7-3-2-6-12(13)14/h2-11H,1H3,(H,20,25)(H,21,24)(H,22,23)/t11-/m1/s1. The molecule has 2 aromatic carbocycles. The third-order valence-corrected chi connectivity index (χ3v) is 4.16. The molecule has 1 atom stereocenters. The summed E-state index contributed by atoms with van der Waals surface area (Å²) in [5, 5.41) is 3.61. The second-order valence-corrected chi connectivity index (χ2v) is 5.93. The number of H-pyrrole nitrogens is 2. The normalized spacial score (nSPS) is 12.4. The number of imidazole rings is 1. The first kappa shape index (κ1) is 15.1. The highest BCUT2D eigenvalue weighted by Crippen LogP contribution is 2.18. The Labute approximate surface area is 142 Å². The lowest BCUT2D eigenvalue weighted by atomic mass is 10.1. The number of carbonyl (C=O) groups is 1. The van der Waals surface area contributed by atoms with Gasteiger partial charge in [0.25, 0.3) is 5.91 Å². The van der Waals surface area contributed by atoms with Crippen LogP contribution in [0.4, 0.5) is 0 Å². The first-order valence-electron chi connectivity index (χ1n) is 7.99. The van der Waals surface area contributed by atoms with Crippen LogP contribution in [0.25, 0.3) is 21.9 Å². The van der Waals surface area contributed by atoms with Crippen LogP contribution in [-0.4, -0.2) is 20.9 Å². The molecule has 0 saturated carbocycles. The summed E-state index contributed by atoms with van der Waals surface area (Å²) < 4.78 is 0. The molecule has 0 aliphatic carbocycles. The van der Waals surface area contributed by atoms with E-state index in [9.17, 15) is 9.59 Å². The summed E-state index contributed by atoms with van der Waals surface area (Å²) >= 11 is 0. The average Bonchev–Trinajstić information content (AvgIpc) is 3.05. The Balaban J connectivity index is 1.66. The molecule has 0 bridgehead atoms. The Hall–Kier alpha value is -3.41. The highest BCUT2D eigenvalue weighted by atomic mass is 16.2. The Kier molecular flexibility index (Phi) is 3.57. The van der Waals surface area contributed by atoms with Crippen molar-refractivity contribution in [1.82, 2.24) is 20.3 Å². The number of amides is 1. The predicted molar refractivity (Wildman–Crippen MR) is 96.5 cm³/mol. The third-order valence-electron chi connectivity index (χ3n) is 4.16. The van der Waals surface area contributed by atoms with Gasteiger partial charge in [-0.05, 0) is 25.1 Å². The van der Waals surface area contributed by atoms with E-state index in [2.05, 4.69) is 20.3 Å². The summed E-state index contributed by atoms with van der Waals surface area (Å²) in [6.07, 6.45) is 0. The van der Waals surface area contributed by atoms with E-state index in [-0.39, 0.29) is 17.5 Å². The van der Waals surface area contributed by atoms with Crippen LogP contribution in [0.5, 0.6) is 0 Å². The number of fused-ring (bicyclic) bond motifs is 2. The van der Waals surface area contributed by atoms with Gasteiger partial charge in [-0.3, -0.25) is 9.59 Å². The molecule has 0 aliphatic rings. The van der Waals surface area contributed by atoms with Crippen molar-refractivity contribution in [2.45, 2.75) is 13.0 Å². The first-order valence-corrected chi connectivity index (χ1v) is 7.99. The number of pyridine rings is 1. The van der Waals surface area contributed by atoms with Crippen molar-refractivity contribution in [3.63, 3.8) is 0 Å². The van der Waals surface area contributed by atoms with Gasteiger partial charge in [-0.25, -0.2) is 4.98 Å². The van der Waals surface area contributed by atoms with E-state index in [4.69, 9.17) is 0 Å². The summed E-state index contributed by atoms with van der Waals surface area (Å²) in [4.78, 5) is 35.0. The quantitative estimate of drug-likeness (QED) is 0.539. The maximum atomic E-state index is 12.7. The number of aromatic nitrogens is 3. The van der Waals surface area contributed by atoms with Crippen LogP contribution < -0.4 is 10.9 Å². The Morgan fingerprint density at radius 2 is 1.76 bits per heavy atom. The predicted octanol–water partition coefficient (Wildman–Crippen LogP) is 2.90. The van der Waals surface area contributed by atoms with E-state index >= 15 is 0 Å². The van der Waals surface area contributed by atoms with E-state index in [1.807, 2.05) is 49.4 Å². The smallest absolute Gasteiger partial charge is 0.252 e. The molecule has 0 unspecified atom stereocenters. The number of nitrogens with one attached hydrogen (secondary N) is 3. The van der Waals surface area contributed by atoms with Crippen LogP contribution >= 0.6 is 0 Å². The number of nitrogens with zero attached hydrogens (tertiary/aromatic N) is 1. The lowest BCUT2D eigenvalue weighted by Crippen LogP contribution is -2.28. The van der Waals surface area contributed by atoms with Crippen molar-refractivity contribution in [3.05, 3.63) is 76.3 Å². The largest absolute Gasteiger partial charge is 0.342 e. The number of hydrogen-bond donors (Lipinski definition) is 3. The van der Waals surface area contributed by atoms with Gasteiger partial charge in [0.05, 0.1) is 22.6 Å².